The van der Waals surface area contributed by atoms with Crippen molar-refractivity contribution < 1.29 is 26.0 Å². The lowest BCUT2D eigenvalue weighted by Gasteiger charge is -2.42. The molecule has 1 aliphatic carbocycles. The molecule has 4 rings (SSSR count). The number of hydrogen-bond donors (Lipinski definition) is 2. The number of fused-ring (bicyclic) bond motifs is 1. The largest absolute Gasteiger partial charge is 0.408 e. The molecule has 6 nitrogen and oxygen atoms in total. The van der Waals surface area contributed by atoms with Crippen LogP contribution in [0.25, 0.3) is 0 Å². The fraction of sp³-hybridized carbons (Fsp3) is 0.588. The summed E-state index contributed by atoms with van der Waals surface area (Å²) in [5, 5.41) is 5.75. The minimum Gasteiger partial charge on any atom is -0.358 e. The van der Waals surface area contributed by atoms with Gasteiger partial charge in [-0.1, -0.05) is 0 Å². The van der Waals surface area contributed by atoms with E-state index >= 15 is 0 Å². The Morgan fingerprint density at radius 1 is 1.25 bits per heavy atom. The van der Waals surface area contributed by atoms with Gasteiger partial charge in [-0.3, -0.25) is 0 Å². The molecule has 28 heavy (non-hydrogen) atoms. The number of piperidine rings is 1. The Bertz CT molecular complexity index is 928. The Morgan fingerprint density at radius 2 is 1.96 bits per heavy atom. The molecule has 2 N–H and O–H groups in total. The SMILES string of the molecule is CN[C@@H]1CCN(c2cc(F)cc3c2NC(C2CC2)=NS3(=O)=O)[C@H](C(F)(F)F)C1. The molecular weight excluding hydrogens is 400 g/mol. The lowest BCUT2D eigenvalue weighted by atomic mass is 9.95. The van der Waals surface area contributed by atoms with Crippen LogP contribution in [0.4, 0.5) is 28.9 Å². The molecule has 2 aliphatic heterocycles. The monoisotopic (exact) mass is 420 g/mol. The minimum atomic E-state index is -4.55. The number of sulfonamides is 1. The van der Waals surface area contributed by atoms with Crippen molar-refractivity contribution in [3.8, 4) is 0 Å². The highest BCUT2D eigenvalue weighted by atomic mass is 32.2. The molecule has 2 heterocycles. The van der Waals surface area contributed by atoms with Crippen molar-refractivity contribution in [2.45, 2.75) is 48.8 Å². The van der Waals surface area contributed by atoms with Crippen LogP contribution in [0.3, 0.4) is 0 Å². The molecule has 3 aliphatic rings. The molecule has 0 amide bonds. The first-order valence-corrected chi connectivity index (χ1v) is 10.5. The van der Waals surface area contributed by atoms with Crippen molar-refractivity contribution in [1.29, 1.82) is 0 Å². The van der Waals surface area contributed by atoms with Crippen molar-refractivity contribution >= 4 is 27.2 Å². The summed E-state index contributed by atoms with van der Waals surface area (Å²) >= 11 is 0. The fourth-order valence-electron chi connectivity index (χ4n) is 3.81. The smallest absolute Gasteiger partial charge is 0.358 e. The van der Waals surface area contributed by atoms with Crippen molar-refractivity contribution in [3.63, 3.8) is 0 Å². The number of alkyl halides is 3. The number of hydrogen-bond acceptors (Lipinski definition) is 5. The predicted octanol–water partition coefficient (Wildman–Crippen LogP) is 2.87. The molecule has 0 aromatic heterocycles. The van der Waals surface area contributed by atoms with Crippen LogP contribution < -0.4 is 15.5 Å². The summed E-state index contributed by atoms with van der Waals surface area (Å²) in [7, 11) is -2.58. The number of anilines is 2. The van der Waals surface area contributed by atoms with E-state index in [9.17, 15) is 26.0 Å². The number of halogens is 4. The quantitative estimate of drug-likeness (QED) is 0.736. The van der Waals surface area contributed by atoms with Crippen LogP contribution in [0.2, 0.25) is 0 Å². The summed E-state index contributed by atoms with van der Waals surface area (Å²) in [4.78, 5) is 0.636. The molecule has 1 aromatic carbocycles. The molecule has 0 radical (unpaired) electrons. The van der Waals surface area contributed by atoms with Gasteiger partial charge in [0.25, 0.3) is 10.0 Å². The zero-order valence-corrected chi connectivity index (χ0v) is 15.9. The number of benzene rings is 1. The van der Waals surface area contributed by atoms with E-state index in [1.54, 1.807) is 7.05 Å². The molecular formula is C17H20F4N4O2S. The van der Waals surface area contributed by atoms with Crippen LogP contribution in [-0.4, -0.2) is 46.1 Å². The summed E-state index contributed by atoms with van der Waals surface area (Å²) in [6.07, 6.45) is -2.82. The molecule has 1 saturated carbocycles. The van der Waals surface area contributed by atoms with Crippen molar-refractivity contribution in [3.05, 3.63) is 17.9 Å². The molecule has 1 aromatic rings. The molecule has 1 saturated heterocycles. The average Bonchev–Trinajstić information content (AvgIpc) is 3.45. The highest BCUT2D eigenvalue weighted by Gasteiger charge is 2.48. The predicted molar refractivity (Wildman–Crippen MR) is 96.6 cm³/mol. The maximum atomic E-state index is 14.2. The van der Waals surface area contributed by atoms with Gasteiger partial charge in [-0.25, -0.2) is 4.39 Å². The Balaban J connectivity index is 1.82. The molecule has 11 heteroatoms. The minimum absolute atomic E-state index is 0.0171. The number of amidine groups is 1. The second-order valence-electron chi connectivity index (χ2n) is 7.41. The first kappa shape index (κ1) is 19.4. The Kier molecular flexibility index (Phi) is 4.57. The van der Waals surface area contributed by atoms with Crippen molar-refractivity contribution in [2.75, 3.05) is 23.8 Å². The molecule has 0 unspecified atom stereocenters. The summed E-state index contributed by atoms with van der Waals surface area (Å²) in [5.41, 5.74) is -0.112. The topological polar surface area (TPSA) is 73.8 Å². The van der Waals surface area contributed by atoms with Gasteiger partial charge in [0, 0.05) is 18.5 Å². The lowest BCUT2D eigenvalue weighted by Crippen LogP contribution is -2.54. The number of nitrogens with zero attached hydrogens (tertiary/aromatic N) is 2. The van der Waals surface area contributed by atoms with Gasteiger partial charge < -0.3 is 15.5 Å². The summed E-state index contributed by atoms with van der Waals surface area (Å²) in [6, 6.07) is -0.405. The summed E-state index contributed by atoms with van der Waals surface area (Å²) in [6.45, 7) is 0.0171. The van der Waals surface area contributed by atoms with Gasteiger partial charge in [0.2, 0.25) is 0 Å². The van der Waals surface area contributed by atoms with E-state index in [0.717, 1.165) is 29.9 Å². The van der Waals surface area contributed by atoms with E-state index in [1.165, 1.54) is 0 Å². The molecule has 154 valence electrons. The first-order valence-electron chi connectivity index (χ1n) is 9.06. The van der Waals surface area contributed by atoms with Crippen LogP contribution >= 0.6 is 0 Å². The molecule has 2 atom stereocenters. The van der Waals surface area contributed by atoms with E-state index < -0.39 is 33.0 Å². The fourth-order valence-corrected chi connectivity index (χ4v) is 5.04. The van der Waals surface area contributed by atoms with Crippen LogP contribution in [0.15, 0.2) is 21.4 Å². The normalized spacial score (nSPS) is 27.0. The Hall–Kier alpha value is -1.88. The van der Waals surface area contributed by atoms with Crippen LogP contribution in [0, 0.1) is 11.7 Å². The van der Waals surface area contributed by atoms with Crippen molar-refractivity contribution in [2.24, 2.45) is 10.3 Å². The molecule has 0 spiro atoms. The number of rotatable bonds is 3. The Morgan fingerprint density at radius 3 is 2.57 bits per heavy atom. The van der Waals surface area contributed by atoms with Gasteiger partial charge >= 0.3 is 6.18 Å². The van der Waals surface area contributed by atoms with Crippen LogP contribution in [0.5, 0.6) is 0 Å². The van der Waals surface area contributed by atoms with Crippen LogP contribution in [-0.2, 0) is 10.0 Å². The zero-order valence-electron chi connectivity index (χ0n) is 15.1. The van der Waals surface area contributed by atoms with Gasteiger partial charge in [-0.2, -0.15) is 21.6 Å². The first-order chi connectivity index (χ1) is 13.1. The lowest BCUT2D eigenvalue weighted by molar-refractivity contribution is -0.154. The maximum absolute atomic E-state index is 14.2. The molecule has 0 bridgehead atoms. The highest BCUT2D eigenvalue weighted by molar-refractivity contribution is 7.90. The summed E-state index contributed by atoms with van der Waals surface area (Å²) in [5.74, 6) is -0.760. The molecule has 2 fully saturated rings. The maximum Gasteiger partial charge on any atom is 0.408 e. The van der Waals surface area contributed by atoms with E-state index in [4.69, 9.17) is 0 Å². The van der Waals surface area contributed by atoms with Gasteiger partial charge in [0.1, 0.15) is 22.6 Å². The second-order valence-corrected chi connectivity index (χ2v) is 8.98. The summed E-state index contributed by atoms with van der Waals surface area (Å²) < 4.78 is 84.3. The highest BCUT2D eigenvalue weighted by Crippen LogP contribution is 2.44. The third kappa shape index (κ3) is 3.45. The van der Waals surface area contributed by atoms with Crippen LogP contribution in [0.1, 0.15) is 25.7 Å². The second kappa shape index (κ2) is 6.58. The average molecular weight is 420 g/mol. The van der Waals surface area contributed by atoms with Gasteiger partial charge in [0.05, 0.1) is 11.4 Å². The number of nitrogens with one attached hydrogen (secondary N) is 2. The van der Waals surface area contributed by atoms with E-state index in [0.29, 0.717) is 6.42 Å². The zero-order chi connectivity index (χ0) is 20.3. The van der Waals surface area contributed by atoms with Gasteiger partial charge in [-0.15, -0.1) is 4.40 Å². The van der Waals surface area contributed by atoms with E-state index in [2.05, 4.69) is 15.0 Å². The Labute approximate surface area is 160 Å². The third-order valence-electron chi connectivity index (χ3n) is 5.46. The van der Waals surface area contributed by atoms with E-state index in [-0.39, 0.29) is 42.1 Å². The van der Waals surface area contributed by atoms with Gasteiger partial charge in [-0.05, 0) is 44.9 Å². The van der Waals surface area contributed by atoms with Crippen molar-refractivity contribution in [1.82, 2.24) is 5.32 Å². The third-order valence-corrected chi connectivity index (χ3v) is 6.77. The van der Waals surface area contributed by atoms with E-state index in [1.807, 2.05) is 0 Å². The van der Waals surface area contributed by atoms with Gasteiger partial charge in [0.15, 0.2) is 0 Å². The standard InChI is InChI=1S/C17H20F4N4O2S/c1-22-11-4-5-25(14(8-11)17(19,20)21)12-6-10(18)7-13-15(12)23-16(9-2-3-9)24-28(13,26)27/h6-7,9,11,14,22H,2-5,8H2,1H3,(H,23,24)/t11-,14+/m1/s1.